The van der Waals surface area contributed by atoms with Crippen molar-refractivity contribution in [2.24, 2.45) is 5.92 Å². The predicted molar refractivity (Wildman–Crippen MR) is 158 cm³/mol. The Morgan fingerprint density at radius 3 is 2.57 bits per heavy atom. The standard InChI is InChI=1S/C34H33F2N3O3/c1-18-5-4-6-28(27-16-22(11-13-37-27)25-15-19(2)33(41)20(3)32(25)38-34(18)42)39-14-12-23(17-29(39)40)30-26(35)10-9-24(31(30)36)21-7-8-21/h7,9-11,13,15-18,28,41H,4-6,8,12,14H2,1-3H3,(H,38,42)/t18-,28+/m1/s1. The zero-order valence-corrected chi connectivity index (χ0v) is 23.9. The van der Waals surface area contributed by atoms with Crippen LogP contribution in [0.5, 0.6) is 5.75 Å². The number of aryl methyl sites for hydroxylation is 1. The van der Waals surface area contributed by atoms with Crippen molar-refractivity contribution < 1.29 is 23.5 Å². The average molecular weight is 570 g/mol. The highest BCUT2D eigenvalue weighted by Gasteiger charge is 2.32. The fraction of sp³-hybridized carbons (Fsp3) is 0.324. The fourth-order valence-electron chi connectivity index (χ4n) is 6.15. The fourth-order valence-corrected chi connectivity index (χ4v) is 6.15. The first-order valence-electron chi connectivity index (χ1n) is 14.4. The molecule has 6 rings (SSSR count). The molecule has 1 aromatic heterocycles. The molecule has 6 nitrogen and oxygen atoms in total. The number of allylic oxidation sites excluding steroid dienone is 2. The lowest BCUT2D eigenvalue weighted by Gasteiger charge is -2.34. The molecule has 42 heavy (non-hydrogen) atoms. The lowest BCUT2D eigenvalue weighted by molar-refractivity contribution is -0.129. The lowest BCUT2D eigenvalue weighted by Crippen LogP contribution is -2.38. The summed E-state index contributed by atoms with van der Waals surface area (Å²) in [5, 5.41) is 13.7. The Kier molecular flexibility index (Phi) is 7.17. The predicted octanol–water partition coefficient (Wildman–Crippen LogP) is 7.25. The summed E-state index contributed by atoms with van der Waals surface area (Å²) in [7, 11) is 0. The van der Waals surface area contributed by atoms with Crippen molar-refractivity contribution in [3.63, 3.8) is 0 Å². The van der Waals surface area contributed by atoms with Crippen LogP contribution in [0.3, 0.4) is 0 Å². The van der Waals surface area contributed by atoms with Gasteiger partial charge in [0.2, 0.25) is 11.8 Å². The summed E-state index contributed by atoms with van der Waals surface area (Å²) in [6.07, 6.45) is 7.76. The van der Waals surface area contributed by atoms with Gasteiger partial charge in [-0.1, -0.05) is 19.4 Å². The van der Waals surface area contributed by atoms with Crippen LogP contribution in [-0.2, 0) is 9.59 Å². The zero-order valence-electron chi connectivity index (χ0n) is 23.9. The molecule has 0 saturated carbocycles. The number of carbonyl (C=O) groups excluding carboxylic acids is 2. The van der Waals surface area contributed by atoms with Gasteiger partial charge in [-0.2, -0.15) is 0 Å². The Hall–Kier alpha value is -4.33. The zero-order chi connectivity index (χ0) is 29.7. The van der Waals surface area contributed by atoms with Crippen LogP contribution in [0.4, 0.5) is 14.5 Å². The van der Waals surface area contributed by atoms with E-state index in [0.29, 0.717) is 65.7 Å². The number of amides is 2. The van der Waals surface area contributed by atoms with Crippen molar-refractivity contribution >= 4 is 28.6 Å². The van der Waals surface area contributed by atoms with Gasteiger partial charge in [-0.05, 0) is 92.1 Å². The number of aromatic nitrogens is 1. The number of aromatic hydroxyl groups is 1. The van der Waals surface area contributed by atoms with Crippen LogP contribution in [0.15, 0.2) is 48.7 Å². The summed E-state index contributed by atoms with van der Waals surface area (Å²) in [5.74, 6) is -1.91. The highest BCUT2D eigenvalue weighted by atomic mass is 19.1. The van der Waals surface area contributed by atoms with Gasteiger partial charge in [0.15, 0.2) is 0 Å². The molecule has 1 aliphatic carbocycles. The van der Waals surface area contributed by atoms with Crippen molar-refractivity contribution in [1.82, 2.24) is 9.88 Å². The number of rotatable bonds is 3. The van der Waals surface area contributed by atoms with Crippen LogP contribution < -0.4 is 5.32 Å². The number of fused-ring (bicyclic) bond motifs is 4. The molecule has 0 unspecified atom stereocenters. The monoisotopic (exact) mass is 569 g/mol. The summed E-state index contributed by atoms with van der Waals surface area (Å²) >= 11 is 0. The van der Waals surface area contributed by atoms with Gasteiger partial charge in [0.25, 0.3) is 0 Å². The number of anilines is 1. The minimum Gasteiger partial charge on any atom is -0.507 e. The Balaban J connectivity index is 1.39. The molecule has 3 heterocycles. The van der Waals surface area contributed by atoms with E-state index < -0.39 is 11.6 Å². The highest BCUT2D eigenvalue weighted by molar-refractivity contribution is 5.99. The third kappa shape index (κ3) is 4.99. The van der Waals surface area contributed by atoms with Gasteiger partial charge in [-0.3, -0.25) is 14.6 Å². The van der Waals surface area contributed by atoms with E-state index in [1.54, 1.807) is 18.0 Å². The Labute approximate surface area is 243 Å². The molecule has 216 valence electrons. The molecule has 0 spiro atoms. The van der Waals surface area contributed by atoms with Crippen molar-refractivity contribution in [1.29, 1.82) is 0 Å². The maximum Gasteiger partial charge on any atom is 0.247 e. The normalized spacial score (nSPS) is 20.5. The molecule has 2 atom stereocenters. The Morgan fingerprint density at radius 1 is 1.05 bits per heavy atom. The number of carbonyl (C=O) groups is 2. The van der Waals surface area contributed by atoms with E-state index in [1.807, 2.05) is 38.1 Å². The van der Waals surface area contributed by atoms with Gasteiger partial charge in [0.1, 0.15) is 17.4 Å². The van der Waals surface area contributed by atoms with E-state index >= 15 is 4.39 Å². The van der Waals surface area contributed by atoms with Crippen LogP contribution in [0.25, 0.3) is 22.3 Å². The van der Waals surface area contributed by atoms with E-state index in [9.17, 15) is 19.1 Å². The number of hydrogen-bond donors (Lipinski definition) is 2. The number of phenolic OH excluding ortho intramolecular Hbond substituents is 1. The second-order valence-electron chi connectivity index (χ2n) is 11.6. The minimum atomic E-state index is -0.673. The molecule has 0 saturated heterocycles. The van der Waals surface area contributed by atoms with Gasteiger partial charge in [0, 0.05) is 41.4 Å². The molecule has 0 radical (unpaired) electrons. The second-order valence-corrected chi connectivity index (χ2v) is 11.6. The number of nitrogens with one attached hydrogen (secondary N) is 1. The molecule has 2 aromatic carbocycles. The van der Waals surface area contributed by atoms with Crippen LogP contribution in [-0.4, -0.2) is 33.3 Å². The number of nitrogens with zero attached hydrogens (tertiary/aromatic N) is 2. The van der Waals surface area contributed by atoms with Gasteiger partial charge in [-0.25, -0.2) is 8.78 Å². The van der Waals surface area contributed by atoms with E-state index in [1.165, 1.54) is 18.2 Å². The number of pyridine rings is 1. The van der Waals surface area contributed by atoms with E-state index in [4.69, 9.17) is 0 Å². The second kappa shape index (κ2) is 10.8. The first-order chi connectivity index (χ1) is 20.1. The largest absolute Gasteiger partial charge is 0.507 e. The van der Waals surface area contributed by atoms with Crippen LogP contribution in [0.1, 0.15) is 73.0 Å². The van der Waals surface area contributed by atoms with Crippen LogP contribution >= 0.6 is 0 Å². The molecule has 2 aliphatic heterocycles. The lowest BCUT2D eigenvalue weighted by atomic mass is 9.91. The maximum absolute atomic E-state index is 15.4. The van der Waals surface area contributed by atoms with Crippen molar-refractivity contribution in [3.05, 3.63) is 88.3 Å². The molecule has 3 aliphatic rings. The minimum absolute atomic E-state index is 0.127. The summed E-state index contributed by atoms with van der Waals surface area (Å²) < 4.78 is 30.2. The quantitative estimate of drug-likeness (QED) is 0.348. The number of hydrogen-bond acceptors (Lipinski definition) is 4. The van der Waals surface area contributed by atoms with Crippen LogP contribution in [0.2, 0.25) is 0 Å². The first kappa shape index (κ1) is 27.8. The smallest absolute Gasteiger partial charge is 0.247 e. The maximum atomic E-state index is 15.4. The molecule has 2 bridgehead atoms. The van der Waals surface area contributed by atoms with E-state index in [0.717, 1.165) is 16.7 Å². The average Bonchev–Trinajstić information content (AvgIpc) is 3.81. The van der Waals surface area contributed by atoms with Gasteiger partial charge in [0.05, 0.1) is 23.0 Å². The SMILES string of the molecule is Cc1cc2c(c(C)c1O)NC(=O)[C@H](C)CCC[C@H](N1CCC(c3c(F)ccc(C4=CC4)c3F)=CC1=O)c1cc-2ccn1. The first-order valence-corrected chi connectivity index (χ1v) is 14.4. The van der Waals surface area contributed by atoms with Gasteiger partial charge in [-0.15, -0.1) is 0 Å². The Bertz CT molecular complexity index is 1690. The molecule has 8 heteroatoms. The number of halogens is 2. The molecular weight excluding hydrogens is 536 g/mol. The van der Waals surface area contributed by atoms with Crippen molar-refractivity contribution in [2.45, 2.75) is 58.9 Å². The summed E-state index contributed by atoms with van der Waals surface area (Å²) in [6, 6.07) is 7.96. The molecule has 0 fully saturated rings. The molecular formula is C34H33F2N3O3. The third-order valence-corrected chi connectivity index (χ3v) is 8.72. The topological polar surface area (TPSA) is 82.5 Å². The van der Waals surface area contributed by atoms with Crippen molar-refractivity contribution in [2.75, 3.05) is 11.9 Å². The summed E-state index contributed by atoms with van der Waals surface area (Å²) in [6.45, 7) is 5.74. The molecule has 2 N–H and O–H groups in total. The van der Waals surface area contributed by atoms with Gasteiger partial charge < -0.3 is 15.3 Å². The molecule has 3 aromatic rings. The van der Waals surface area contributed by atoms with Crippen molar-refractivity contribution in [3.8, 4) is 16.9 Å². The van der Waals surface area contributed by atoms with Crippen LogP contribution in [0, 0.1) is 31.4 Å². The third-order valence-electron chi connectivity index (χ3n) is 8.72. The van der Waals surface area contributed by atoms with E-state index in [-0.39, 0.29) is 41.6 Å². The van der Waals surface area contributed by atoms with Gasteiger partial charge >= 0.3 is 0 Å². The highest BCUT2D eigenvalue weighted by Crippen LogP contribution is 2.41. The summed E-state index contributed by atoms with van der Waals surface area (Å²) in [5.41, 5.74) is 5.55. The summed E-state index contributed by atoms with van der Waals surface area (Å²) in [4.78, 5) is 33.2. The Morgan fingerprint density at radius 2 is 1.83 bits per heavy atom. The van der Waals surface area contributed by atoms with E-state index in [2.05, 4.69) is 10.3 Å². The molecule has 2 amide bonds. The number of phenols is 1. The number of benzene rings is 2.